The van der Waals surface area contributed by atoms with E-state index in [9.17, 15) is 19.5 Å². The van der Waals surface area contributed by atoms with E-state index in [1.54, 1.807) is 13.0 Å². The lowest BCUT2D eigenvalue weighted by Gasteiger charge is -2.35. The number of aromatic nitrogens is 3. The number of morpholine rings is 1. The Balaban J connectivity index is 1.58. The molecule has 2 saturated carbocycles. The number of hydrogen-bond donors (Lipinski definition) is 2. The van der Waals surface area contributed by atoms with E-state index in [2.05, 4.69) is 10.4 Å². The summed E-state index contributed by atoms with van der Waals surface area (Å²) in [7, 11) is 0. The van der Waals surface area contributed by atoms with E-state index in [1.165, 1.54) is 15.2 Å². The topological polar surface area (TPSA) is 118 Å². The lowest BCUT2D eigenvalue weighted by atomic mass is 10.1. The maximum atomic E-state index is 13.4. The number of nitrogens with zero attached hydrogens (tertiary/aromatic N) is 4. The molecule has 10 nitrogen and oxygen atoms in total. The van der Waals surface area contributed by atoms with Crippen molar-refractivity contribution in [2.24, 2.45) is 5.92 Å². The van der Waals surface area contributed by atoms with Crippen molar-refractivity contribution in [2.45, 2.75) is 64.6 Å². The molecule has 2 amide bonds. The molecule has 2 N–H and O–H groups in total. The molecule has 1 spiro atoms. The molecule has 2 aliphatic carbocycles. The van der Waals surface area contributed by atoms with Crippen LogP contribution < -0.4 is 10.9 Å². The molecule has 1 saturated heterocycles. The van der Waals surface area contributed by atoms with Gasteiger partial charge in [0.2, 0.25) is 11.8 Å². The molecule has 34 heavy (non-hydrogen) atoms. The van der Waals surface area contributed by atoms with Crippen molar-refractivity contribution in [1.29, 1.82) is 0 Å². The summed E-state index contributed by atoms with van der Waals surface area (Å²) in [5.74, 6) is -1.09. The Kier molecular flexibility index (Phi) is 5.50. The number of rotatable bonds is 6. The van der Waals surface area contributed by atoms with Crippen molar-refractivity contribution in [3.8, 4) is 5.88 Å². The normalized spacial score (nSPS) is 19.5. The van der Waals surface area contributed by atoms with Crippen LogP contribution in [0.15, 0.2) is 10.9 Å². The number of amides is 2. The van der Waals surface area contributed by atoms with Crippen LogP contribution in [0, 0.1) is 12.8 Å². The quantitative estimate of drug-likeness (QED) is 0.619. The summed E-state index contributed by atoms with van der Waals surface area (Å²) in [6.45, 7) is 7.65. The third-order valence-electron chi connectivity index (χ3n) is 6.80. The molecule has 3 fully saturated rings. The predicted molar refractivity (Wildman–Crippen MR) is 125 cm³/mol. The highest BCUT2D eigenvalue weighted by molar-refractivity contribution is 5.97. The summed E-state index contributed by atoms with van der Waals surface area (Å²) in [5.41, 5.74) is 0.412. The van der Waals surface area contributed by atoms with Gasteiger partial charge in [-0.25, -0.2) is 0 Å². The van der Waals surface area contributed by atoms with E-state index in [4.69, 9.17) is 4.74 Å². The van der Waals surface area contributed by atoms with Gasteiger partial charge in [-0.05, 0) is 44.6 Å². The predicted octanol–water partition coefficient (Wildman–Crippen LogP) is 1.46. The van der Waals surface area contributed by atoms with Gasteiger partial charge in [0.25, 0.3) is 11.5 Å². The third-order valence-corrected chi connectivity index (χ3v) is 6.80. The Labute approximate surface area is 197 Å². The van der Waals surface area contributed by atoms with E-state index in [-0.39, 0.29) is 29.0 Å². The summed E-state index contributed by atoms with van der Waals surface area (Å²) in [5, 5.41) is 18.1. The maximum Gasteiger partial charge on any atom is 0.270 e. The largest absolute Gasteiger partial charge is 0.492 e. The van der Waals surface area contributed by atoms with Crippen LogP contribution in [0.5, 0.6) is 5.88 Å². The van der Waals surface area contributed by atoms with Crippen LogP contribution >= 0.6 is 0 Å². The molecule has 1 aliphatic heterocycles. The number of aryl methyl sites for hydroxylation is 1. The fraction of sp³-hybridized carbons (Fsp3) is 0.583. The lowest BCUT2D eigenvalue weighted by molar-refractivity contribution is -0.136. The van der Waals surface area contributed by atoms with Crippen molar-refractivity contribution < 1.29 is 19.4 Å². The van der Waals surface area contributed by atoms with Gasteiger partial charge >= 0.3 is 0 Å². The zero-order chi connectivity index (χ0) is 24.2. The van der Waals surface area contributed by atoms with Crippen LogP contribution in [0.4, 0.5) is 0 Å². The first kappa shape index (κ1) is 22.6. The molecule has 5 rings (SSSR count). The van der Waals surface area contributed by atoms with E-state index in [0.717, 1.165) is 25.7 Å². The van der Waals surface area contributed by atoms with Gasteiger partial charge in [-0.3, -0.25) is 19.0 Å². The molecule has 3 heterocycles. The summed E-state index contributed by atoms with van der Waals surface area (Å²) in [6.07, 6.45) is 6.77. The summed E-state index contributed by atoms with van der Waals surface area (Å²) in [4.78, 5) is 41.1. The second-order valence-corrected chi connectivity index (χ2v) is 10.1. The molecule has 0 unspecified atom stereocenters. The zero-order valence-electron chi connectivity index (χ0n) is 19.8. The van der Waals surface area contributed by atoms with Crippen molar-refractivity contribution in [2.75, 3.05) is 19.8 Å². The number of ether oxygens (including phenoxy) is 1. The Morgan fingerprint density at radius 2 is 2.06 bits per heavy atom. The highest BCUT2D eigenvalue weighted by Gasteiger charge is 2.51. The second kappa shape index (κ2) is 8.26. The van der Waals surface area contributed by atoms with Crippen molar-refractivity contribution in [1.82, 2.24) is 24.4 Å². The van der Waals surface area contributed by atoms with Gasteiger partial charge in [0.1, 0.15) is 5.65 Å². The molecule has 10 heteroatoms. The monoisotopic (exact) mass is 469 g/mol. The number of carbonyl (C=O) groups is 2. The lowest BCUT2D eigenvalue weighted by Crippen LogP contribution is -2.50. The molecular weight excluding hydrogens is 438 g/mol. The Morgan fingerprint density at radius 3 is 2.71 bits per heavy atom. The first-order valence-electron chi connectivity index (χ1n) is 12.0. The Morgan fingerprint density at radius 1 is 1.32 bits per heavy atom. The molecular formula is C24H31N5O5. The zero-order valence-corrected chi connectivity index (χ0v) is 19.8. The highest BCUT2D eigenvalue weighted by Crippen LogP contribution is 2.43. The summed E-state index contributed by atoms with van der Waals surface area (Å²) >= 11 is 0. The van der Waals surface area contributed by atoms with Gasteiger partial charge in [0.05, 0.1) is 24.4 Å². The molecule has 0 radical (unpaired) electrons. The number of hydrogen-bond acceptors (Lipinski definition) is 6. The van der Waals surface area contributed by atoms with Crippen molar-refractivity contribution in [3.05, 3.63) is 33.3 Å². The van der Waals surface area contributed by atoms with Crippen LogP contribution in [0.3, 0.4) is 0 Å². The molecule has 2 aromatic heterocycles. The fourth-order valence-corrected chi connectivity index (χ4v) is 4.66. The first-order chi connectivity index (χ1) is 16.2. The number of aromatic hydroxyl groups is 1. The summed E-state index contributed by atoms with van der Waals surface area (Å²) in [6, 6.07) is 0.0411. The van der Waals surface area contributed by atoms with Crippen LogP contribution in [-0.2, 0) is 16.1 Å². The number of fused-ring (bicyclic) bond motifs is 1. The first-order valence-corrected chi connectivity index (χ1v) is 12.0. The maximum absolute atomic E-state index is 13.4. The van der Waals surface area contributed by atoms with Crippen LogP contribution in [0.2, 0.25) is 0 Å². The Hall–Kier alpha value is -3.14. The minimum Gasteiger partial charge on any atom is -0.492 e. The van der Waals surface area contributed by atoms with Crippen LogP contribution in [-0.4, -0.2) is 67.3 Å². The van der Waals surface area contributed by atoms with E-state index >= 15 is 0 Å². The molecule has 2 aromatic rings. The van der Waals surface area contributed by atoms with Crippen LogP contribution in [0.1, 0.15) is 61.1 Å². The minimum atomic E-state index is -0.591. The molecule has 0 bridgehead atoms. The van der Waals surface area contributed by atoms with Gasteiger partial charge in [0, 0.05) is 30.8 Å². The van der Waals surface area contributed by atoms with Gasteiger partial charge < -0.3 is 20.1 Å². The molecule has 3 aliphatic rings. The van der Waals surface area contributed by atoms with Gasteiger partial charge in [0.15, 0.2) is 5.56 Å². The van der Waals surface area contributed by atoms with Crippen molar-refractivity contribution >= 4 is 23.5 Å². The van der Waals surface area contributed by atoms with E-state index in [0.29, 0.717) is 43.2 Å². The number of carbonyl (C=O) groups excluding carboxylic acids is 2. The van der Waals surface area contributed by atoms with E-state index in [1.807, 2.05) is 18.7 Å². The number of nitrogens with one attached hydrogen (secondary N) is 1. The minimum absolute atomic E-state index is 0.0411. The third kappa shape index (κ3) is 3.89. The smallest absolute Gasteiger partial charge is 0.270 e. The highest BCUT2D eigenvalue weighted by atomic mass is 16.5. The summed E-state index contributed by atoms with van der Waals surface area (Å²) < 4.78 is 8.28. The standard InChI is InChI=1S/C24H31N5O5/c1-14(2)12-27-21-17(6-7-18(30)28-10-11-34-13-24(28)8-9-24)15(3)26-29(21)23(33)19(22(27)32)20(31)25-16-4-5-16/h6-7,14,16,33H,4-5,8-13H2,1-3H3,(H,25,31). The fourth-order valence-electron chi connectivity index (χ4n) is 4.66. The molecule has 0 aromatic carbocycles. The molecule has 0 atom stereocenters. The molecule has 182 valence electrons. The average molecular weight is 470 g/mol. The van der Waals surface area contributed by atoms with E-state index < -0.39 is 17.3 Å². The van der Waals surface area contributed by atoms with Crippen LogP contribution in [0.25, 0.3) is 11.7 Å². The second-order valence-electron chi connectivity index (χ2n) is 10.1. The Bertz CT molecular complexity index is 1250. The van der Waals surface area contributed by atoms with Crippen molar-refractivity contribution in [3.63, 3.8) is 0 Å². The van der Waals surface area contributed by atoms with Gasteiger partial charge in [-0.2, -0.15) is 9.61 Å². The van der Waals surface area contributed by atoms with Gasteiger partial charge in [-0.15, -0.1) is 0 Å². The average Bonchev–Trinajstić information content (AvgIpc) is 3.71. The van der Waals surface area contributed by atoms with Gasteiger partial charge in [-0.1, -0.05) is 13.8 Å². The SMILES string of the molecule is Cc1nn2c(O)c(C(=O)NC3CC3)c(=O)n(CC(C)C)c2c1C=CC(=O)N1CCOCC12CC2.